The fraction of sp³-hybridized carbons (Fsp3) is 0.214. The molecule has 0 atom stereocenters. The summed E-state index contributed by atoms with van der Waals surface area (Å²) in [5.41, 5.74) is 5.03. The van der Waals surface area contributed by atoms with E-state index >= 15 is 0 Å². The summed E-state index contributed by atoms with van der Waals surface area (Å²) in [5, 5.41) is 13.5. The van der Waals surface area contributed by atoms with E-state index in [0.717, 1.165) is 46.4 Å². The van der Waals surface area contributed by atoms with Crippen LogP contribution in [0.2, 0.25) is 0 Å². The van der Waals surface area contributed by atoms with Crippen molar-refractivity contribution in [2.45, 2.75) is 33.0 Å². The molecule has 176 valence electrons. The Morgan fingerprint density at radius 3 is 2.40 bits per heavy atom. The lowest BCUT2D eigenvalue weighted by Crippen LogP contribution is -2.30. The van der Waals surface area contributed by atoms with E-state index in [2.05, 4.69) is 61.8 Å². The smallest absolute Gasteiger partial charge is 0.252 e. The highest BCUT2D eigenvalue weighted by Gasteiger charge is 2.16. The highest BCUT2D eigenvalue weighted by Crippen LogP contribution is 2.17. The molecule has 3 aromatic carbocycles. The molecule has 0 bridgehead atoms. The number of aromatic amines is 1. The van der Waals surface area contributed by atoms with E-state index in [-0.39, 0.29) is 5.56 Å². The number of tetrazole rings is 1. The molecule has 0 aliphatic rings. The standard InChI is InChI=1S/C28H28N6O/c1-21-9-8-14-24-17-25(28(35)29-27(21)24)19-33(16-15-22-10-4-2-5-11-22)20-26-30-31-32-34(26)18-23-12-6-3-7-13-23/h2-14,17H,15-16,18-20H2,1H3,(H,29,35). The molecule has 1 N–H and O–H groups in total. The van der Waals surface area contributed by atoms with Gasteiger partial charge in [-0.1, -0.05) is 78.9 Å². The molecule has 0 amide bonds. The van der Waals surface area contributed by atoms with Crippen molar-refractivity contribution in [3.63, 3.8) is 0 Å². The minimum Gasteiger partial charge on any atom is -0.321 e. The first-order valence-electron chi connectivity index (χ1n) is 11.8. The largest absolute Gasteiger partial charge is 0.321 e. The topological polar surface area (TPSA) is 79.7 Å². The monoisotopic (exact) mass is 464 g/mol. The molecule has 0 saturated carbocycles. The van der Waals surface area contributed by atoms with Crippen LogP contribution in [0, 0.1) is 6.92 Å². The number of nitrogens with zero attached hydrogens (tertiary/aromatic N) is 5. The molecule has 0 aliphatic heterocycles. The van der Waals surface area contributed by atoms with Crippen LogP contribution >= 0.6 is 0 Å². The predicted octanol–water partition coefficient (Wildman–Crippen LogP) is 4.12. The van der Waals surface area contributed by atoms with Crippen LogP contribution in [0.25, 0.3) is 10.9 Å². The van der Waals surface area contributed by atoms with Crippen LogP contribution in [-0.2, 0) is 26.1 Å². The minimum absolute atomic E-state index is 0.0552. The summed E-state index contributed by atoms with van der Waals surface area (Å²) in [6.45, 7) is 4.43. The molecule has 7 nitrogen and oxygen atoms in total. The van der Waals surface area contributed by atoms with Gasteiger partial charge in [0.05, 0.1) is 18.6 Å². The van der Waals surface area contributed by atoms with Crippen molar-refractivity contribution in [1.29, 1.82) is 0 Å². The number of hydrogen-bond acceptors (Lipinski definition) is 5. The number of benzene rings is 3. The number of para-hydroxylation sites is 1. The quantitative estimate of drug-likeness (QED) is 0.355. The lowest BCUT2D eigenvalue weighted by molar-refractivity contribution is 0.248. The van der Waals surface area contributed by atoms with Crippen molar-refractivity contribution in [2.75, 3.05) is 6.54 Å². The Bertz CT molecular complexity index is 1460. The third kappa shape index (κ3) is 5.53. The minimum atomic E-state index is -0.0552. The number of aryl methyl sites for hydroxylation is 1. The zero-order valence-corrected chi connectivity index (χ0v) is 19.8. The molecule has 0 unspecified atom stereocenters. The van der Waals surface area contributed by atoms with Gasteiger partial charge in [0.25, 0.3) is 5.56 Å². The molecule has 2 heterocycles. The van der Waals surface area contributed by atoms with E-state index in [9.17, 15) is 4.79 Å². The Balaban J connectivity index is 1.41. The molecule has 0 fully saturated rings. The average Bonchev–Trinajstić information content (AvgIpc) is 3.31. The van der Waals surface area contributed by atoms with E-state index in [0.29, 0.717) is 19.6 Å². The van der Waals surface area contributed by atoms with Crippen LogP contribution in [0.15, 0.2) is 89.7 Å². The van der Waals surface area contributed by atoms with Gasteiger partial charge in [-0.3, -0.25) is 9.69 Å². The number of rotatable bonds is 9. The SMILES string of the molecule is Cc1cccc2cc(CN(CCc3ccccc3)Cc3nnnn3Cc3ccccc3)c(=O)[nH]c12. The van der Waals surface area contributed by atoms with E-state index in [1.807, 2.05) is 60.1 Å². The summed E-state index contributed by atoms with van der Waals surface area (Å²) in [4.78, 5) is 18.3. The van der Waals surface area contributed by atoms with Crippen molar-refractivity contribution in [2.24, 2.45) is 0 Å². The third-order valence-electron chi connectivity index (χ3n) is 6.26. The molecule has 0 aliphatic carbocycles. The Kier molecular flexibility index (Phi) is 6.77. The number of fused-ring (bicyclic) bond motifs is 1. The summed E-state index contributed by atoms with van der Waals surface area (Å²) >= 11 is 0. The fourth-order valence-corrected chi connectivity index (χ4v) is 4.35. The van der Waals surface area contributed by atoms with Crippen molar-refractivity contribution in [1.82, 2.24) is 30.1 Å². The van der Waals surface area contributed by atoms with Gasteiger partial charge >= 0.3 is 0 Å². The molecule has 5 rings (SSSR count). The molecule has 0 radical (unpaired) electrons. The average molecular weight is 465 g/mol. The molecule has 0 saturated heterocycles. The first kappa shape index (κ1) is 22.7. The molecule has 2 aromatic heterocycles. The van der Waals surface area contributed by atoms with Crippen molar-refractivity contribution < 1.29 is 0 Å². The van der Waals surface area contributed by atoms with Crippen molar-refractivity contribution in [3.05, 3.63) is 123 Å². The van der Waals surface area contributed by atoms with Crippen LogP contribution < -0.4 is 5.56 Å². The van der Waals surface area contributed by atoms with E-state index in [4.69, 9.17) is 0 Å². The second-order valence-electron chi connectivity index (χ2n) is 8.85. The van der Waals surface area contributed by atoms with E-state index < -0.39 is 0 Å². The maximum Gasteiger partial charge on any atom is 0.252 e. The fourth-order valence-electron chi connectivity index (χ4n) is 4.35. The molecular formula is C28H28N6O. The maximum absolute atomic E-state index is 13.0. The Hall–Kier alpha value is -4.10. The Labute approximate surface area is 204 Å². The highest BCUT2D eigenvalue weighted by molar-refractivity contribution is 5.81. The molecule has 35 heavy (non-hydrogen) atoms. The zero-order chi connectivity index (χ0) is 24.0. The molecule has 5 aromatic rings. The highest BCUT2D eigenvalue weighted by atomic mass is 16.1. The van der Waals surface area contributed by atoms with Crippen LogP contribution in [-0.4, -0.2) is 36.6 Å². The first-order chi connectivity index (χ1) is 17.2. The van der Waals surface area contributed by atoms with E-state index in [1.165, 1.54) is 5.56 Å². The Morgan fingerprint density at radius 1 is 0.886 bits per heavy atom. The molecular weight excluding hydrogens is 436 g/mol. The number of aromatic nitrogens is 5. The van der Waals surface area contributed by atoms with Gasteiger partial charge in [0.1, 0.15) is 0 Å². The number of pyridine rings is 1. The lowest BCUT2D eigenvalue weighted by atomic mass is 10.1. The maximum atomic E-state index is 13.0. The zero-order valence-electron chi connectivity index (χ0n) is 19.8. The predicted molar refractivity (Wildman–Crippen MR) is 137 cm³/mol. The van der Waals surface area contributed by atoms with Crippen LogP contribution in [0.3, 0.4) is 0 Å². The van der Waals surface area contributed by atoms with Crippen LogP contribution in [0.4, 0.5) is 0 Å². The van der Waals surface area contributed by atoms with Gasteiger partial charge in [0.15, 0.2) is 5.82 Å². The van der Waals surface area contributed by atoms with Gasteiger partial charge in [-0.05, 0) is 51.9 Å². The van der Waals surface area contributed by atoms with Crippen molar-refractivity contribution in [3.8, 4) is 0 Å². The second-order valence-corrected chi connectivity index (χ2v) is 8.85. The first-order valence-corrected chi connectivity index (χ1v) is 11.8. The second kappa shape index (κ2) is 10.4. The normalized spacial score (nSPS) is 11.4. The molecule has 0 spiro atoms. The van der Waals surface area contributed by atoms with E-state index in [1.54, 1.807) is 0 Å². The Morgan fingerprint density at radius 2 is 1.63 bits per heavy atom. The third-order valence-corrected chi connectivity index (χ3v) is 6.26. The summed E-state index contributed by atoms with van der Waals surface area (Å²) in [6, 6.07) is 28.6. The van der Waals surface area contributed by atoms with Gasteiger partial charge in [0.2, 0.25) is 0 Å². The number of hydrogen-bond donors (Lipinski definition) is 1. The van der Waals surface area contributed by atoms with Gasteiger partial charge < -0.3 is 4.98 Å². The summed E-state index contributed by atoms with van der Waals surface area (Å²) in [5.74, 6) is 0.773. The number of nitrogens with one attached hydrogen (secondary N) is 1. The van der Waals surface area contributed by atoms with Crippen LogP contribution in [0.1, 0.15) is 28.1 Å². The van der Waals surface area contributed by atoms with Gasteiger partial charge in [0, 0.05) is 18.7 Å². The van der Waals surface area contributed by atoms with Gasteiger partial charge in [-0.25, -0.2) is 4.68 Å². The molecule has 7 heteroatoms. The van der Waals surface area contributed by atoms with Gasteiger partial charge in [-0.15, -0.1) is 5.10 Å². The van der Waals surface area contributed by atoms with Gasteiger partial charge in [-0.2, -0.15) is 0 Å². The number of H-pyrrole nitrogens is 1. The van der Waals surface area contributed by atoms with Crippen LogP contribution in [0.5, 0.6) is 0 Å². The summed E-state index contributed by atoms with van der Waals surface area (Å²) in [6.07, 6.45) is 0.867. The summed E-state index contributed by atoms with van der Waals surface area (Å²) < 4.78 is 1.83. The van der Waals surface area contributed by atoms with Crippen molar-refractivity contribution >= 4 is 10.9 Å². The lowest BCUT2D eigenvalue weighted by Gasteiger charge is -2.22. The summed E-state index contributed by atoms with van der Waals surface area (Å²) in [7, 11) is 0.